The Bertz CT molecular complexity index is 116. The number of thiazole rings is 1. The second-order valence-corrected chi connectivity index (χ2v) is 2.44. The Balaban J connectivity index is 0.000000360. The molecule has 1 aromatic heterocycles. The maximum atomic E-state index is 3.94. The quantitative estimate of drug-likeness (QED) is 0.434. The van der Waals surface area contributed by atoms with Crippen molar-refractivity contribution in [3.63, 3.8) is 0 Å². The average Bonchev–Trinajstić information content (AvgIpc) is 1.86. The molecule has 0 unspecified atom stereocenters. The van der Waals surface area contributed by atoms with E-state index in [1.54, 1.807) is 6.20 Å². The summed E-state index contributed by atoms with van der Waals surface area (Å²) < 4.78 is 0.829. The summed E-state index contributed by atoms with van der Waals surface area (Å²) in [5, 5.41) is 1.89. The van der Waals surface area contributed by atoms with Gasteiger partial charge in [0.15, 0.2) is 0 Å². The number of rotatable bonds is 0. The van der Waals surface area contributed by atoms with Gasteiger partial charge in [0.2, 0.25) is 0 Å². The Hall–Kier alpha value is 1.62. The molecule has 0 atom stereocenters. The van der Waals surface area contributed by atoms with Crippen LogP contribution in [0.4, 0.5) is 0 Å². The second-order valence-electron chi connectivity index (χ2n) is 0.815. The van der Waals surface area contributed by atoms with Crippen molar-refractivity contribution in [2.24, 2.45) is 0 Å². The van der Waals surface area contributed by atoms with Crippen LogP contribution in [-0.2, 0) is 0 Å². The Morgan fingerprint density at radius 1 is 1.71 bits per heavy atom. The minimum absolute atomic E-state index is 0. The monoisotopic (exact) mass is 157 g/mol. The Morgan fingerprint density at radius 2 is 2.43 bits per heavy atom. The Morgan fingerprint density at radius 3 is 2.57 bits per heavy atom. The number of thiol groups is 1. The van der Waals surface area contributed by atoms with Gasteiger partial charge in [-0.15, -0.1) is 24.0 Å². The predicted octanol–water partition coefficient (Wildman–Crippen LogP) is 0.783. The van der Waals surface area contributed by atoms with Crippen LogP contribution >= 0.6 is 24.0 Å². The van der Waals surface area contributed by atoms with Gasteiger partial charge in [-0.2, -0.15) is 0 Å². The van der Waals surface area contributed by atoms with Gasteiger partial charge in [0.1, 0.15) is 4.34 Å². The minimum atomic E-state index is 0. The topological polar surface area (TPSA) is 12.9 Å². The van der Waals surface area contributed by atoms with Crippen LogP contribution in [0.1, 0.15) is 0 Å². The van der Waals surface area contributed by atoms with Gasteiger partial charge in [0.05, 0.1) is 0 Å². The van der Waals surface area contributed by atoms with E-state index in [9.17, 15) is 0 Å². The summed E-state index contributed by atoms with van der Waals surface area (Å²) in [7, 11) is 0. The molecule has 0 aliphatic rings. The van der Waals surface area contributed by atoms with Crippen molar-refractivity contribution in [1.29, 1.82) is 0 Å². The van der Waals surface area contributed by atoms with E-state index in [2.05, 4.69) is 17.6 Å². The van der Waals surface area contributed by atoms with Gasteiger partial charge in [-0.05, 0) is 0 Å². The maximum absolute atomic E-state index is 3.94. The van der Waals surface area contributed by atoms with Gasteiger partial charge in [0, 0.05) is 11.6 Å². The van der Waals surface area contributed by atoms with Crippen LogP contribution in [0.25, 0.3) is 0 Å². The molecule has 1 heterocycles. The molecular weight excluding hydrogens is 153 g/mol. The fraction of sp³-hybridized carbons (Fsp3) is 0. The van der Waals surface area contributed by atoms with E-state index < -0.39 is 0 Å². The van der Waals surface area contributed by atoms with E-state index in [-0.39, 0.29) is 51.4 Å². The Labute approximate surface area is 94.4 Å². The first kappa shape index (κ1) is 8.62. The SMILES string of the molecule is Sc1nccs1.[KH]. The molecular formula is C3H4KNS2. The first-order valence-corrected chi connectivity index (χ1v) is 2.81. The number of hydrogen-bond donors (Lipinski definition) is 1. The van der Waals surface area contributed by atoms with E-state index in [0.717, 1.165) is 4.34 Å². The van der Waals surface area contributed by atoms with Gasteiger partial charge in [-0.25, -0.2) is 4.98 Å². The van der Waals surface area contributed by atoms with Gasteiger partial charge in [-0.3, -0.25) is 0 Å². The number of aromatic nitrogens is 1. The van der Waals surface area contributed by atoms with Crippen molar-refractivity contribution in [1.82, 2.24) is 4.98 Å². The van der Waals surface area contributed by atoms with Crippen molar-refractivity contribution < 1.29 is 0 Å². The van der Waals surface area contributed by atoms with Crippen LogP contribution < -0.4 is 0 Å². The van der Waals surface area contributed by atoms with E-state index in [4.69, 9.17) is 0 Å². The molecule has 0 saturated heterocycles. The molecule has 0 aliphatic carbocycles. The normalized spacial score (nSPS) is 7.57. The zero-order valence-corrected chi connectivity index (χ0v) is 4.67. The third-order valence-electron chi connectivity index (χ3n) is 0.419. The van der Waals surface area contributed by atoms with Gasteiger partial charge in [-0.1, -0.05) is 0 Å². The summed E-state index contributed by atoms with van der Waals surface area (Å²) >= 11 is 5.47. The number of hydrogen-bond acceptors (Lipinski definition) is 3. The molecule has 4 heteroatoms. The van der Waals surface area contributed by atoms with Crippen LogP contribution in [0, 0.1) is 0 Å². The van der Waals surface area contributed by atoms with Crippen LogP contribution in [0.3, 0.4) is 0 Å². The summed E-state index contributed by atoms with van der Waals surface area (Å²) in [6, 6.07) is 0. The van der Waals surface area contributed by atoms with Crippen molar-refractivity contribution in [2.75, 3.05) is 0 Å². The molecule has 1 nitrogen and oxygen atoms in total. The molecule has 0 saturated carbocycles. The average molecular weight is 157 g/mol. The van der Waals surface area contributed by atoms with E-state index >= 15 is 0 Å². The molecule has 1 rings (SSSR count). The van der Waals surface area contributed by atoms with Gasteiger partial charge < -0.3 is 0 Å². The van der Waals surface area contributed by atoms with Gasteiger partial charge in [0.25, 0.3) is 0 Å². The fourth-order valence-corrected chi connectivity index (χ4v) is 0.830. The summed E-state index contributed by atoms with van der Waals surface area (Å²) in [6.45, 7) is 0. The molecule has 7 heavy (non-hydrogen) atoms. The summed E-state index contributed by atoms with van der Waals surface area (Å²) in [6.07, 6.45) is 1.73. The molecule has 1 aromatic rings. The first-order valence-electron chi connectivity index (χ1n) is 1.48. The van der Waals surface area contributed by atoms with E-state index in [1.807, 2.05) is 5.38 Å². The molecule has 0 fully saturated rings. The molecule has 0 aliphatic heterocycles. The summed E-state index contributed by atoms with van der Waals surface area (Å²) in [4.78, 5) is 3.80. The second kappa shape index (κ2) is 4.49. The van der Waals surface area contributed by atoms with Crippen molar-refractivity contribution in [3.05, 3.63) is 11.6 Å². The van der Waals surface area contributed by atoms with Crippen LogP contribution in [-0.4, -0.2) is 56.4 Å². The first-order chi connectivity index (χ1) is 2.89. The van der Waals surface area contributed by atoms with Crippen LogP contribution in [0.5, 0.6) is 0 Å². The van der Waals surface area contributed by atoms with Crippen LogP contribution in [0.15, 0.2) is 15.9 Å². The molecule has 0 N–H and O–H groups in total. The fourth-order valence-electron chi connectivity index (χ4n) is 0.216. The summed E-state index contributed by atoms with van der Waals surface area (Å²) in [5.41, 5.74) is 0. The molecule has 0 aromatic carbocycles. The zero-order chi connectivity index (χ0) is 4.41. The molecule has 0 amide bonds. The third-order valence-corrected chi connectivity index (χ3v) is 1.43. The van der Waals surface area contributed by atoms with Crippen molar-refractivity contribution in [3.8, 4) is 0 Å². The Kier molecular flexibility index (Phi) is 5.53. The predicted molar refractivity (Wildman–Crippen MR) is 36.5 cm³/mol. The molecule has 0 bridgehead atoms. The summed E-state index contributed by atoms with van der Waals surface area (Å²) in [5.74, 6) is 0. The molecule has 0 spiro atoms. The standard InChI is InChI=1S/C3H3NS2.K.H/c5-3-4-1-2-6-3;;/h1-2H,(H,4,5);;. The van der Waals surface area contributed by atoms with Gasteiger partial charge >= 0.3 is 51.4 Å². The van der Waals surface area contributed by atoms with E-state index in [0.29, 0.717) is 0 Å². The molecule has 34 valence electrons. The zero-order valence-electron chi connectivity index (χ0n) is 2.96. The number of nitrogens with zero attached hydrogens (tertiary/aromatic N) is 1. The molecule has 0 radical (unpaired) electrons. The van der Waals surface area contributed by atoms with Crippen molar-refractivity contribution in [2.45, 2.75) is 4.34 Å². The van der Waals surface area contributed by atoms with E-state index in [1.165, 1.54) is 11.3 Å². The van der Waals surface area contributed by atoms with Crippen molar-refractivity contribution >= 4 is 75.4 Å². The third kappa shape index (κ3) is 3.24. The van der Waals surface area contributed by atoms with Crippen LogP contribution in [0.2, 0.25) is 0 Å².